The van der Waals surface area contributed by atoms with Crippen LogP contribution in [0.5, 0.6) is 0 Å². The van der Waals surface area contributed by atoms with Gasteiger partial charge in [-0.15, -0.1) is 0 Å². The lowest BCUT2D eigenvalue weighted by atomic mass is 9.79. The molecule has 2 aromatic carbocycles. The average molecular weight is 366 g/mol. The van der Waals surface area contributed by atoms with Crippen LogP contribution in [0, 0.1) is 17.7 Å². The minimum atomic E-state index is -0.260. The van der Waals surface area contributed by atoms with Gasteiger partial charge in [0.05, 0.1) is 0 Å². The first kappa shape index (κ1) is 18.2. The Labute approximate surface area is 160 Å². The number of hydrogen-bond donors (Lipinski definition) is 1. The van der Waals surface area contributed by atoms with Crippen molar-refractivity contribution in [1.82, 2.24) is 10.2 Å². The second-order valence-electron chi connectivity index (χ2n) is 7.81. The molecule has 1 amide bonds. The molecule has 0 unspecified atom stereocenters. The first-order chi connectivity index (χ1) is 13.2. The fourth-order valence-corrected chi connectivity index (χ4v) is 4.57. The highest BCUT2D eigenvalue weighted by molar-refractivity contribution is 5.95. The third-order valence-electron chi connectivity index (χ3n) is 6.14. The molecule has 2 aromatic rings. The van der Waals surface area contributed by atoms with Crippen molar-refractivity contribution < 1.29 is 9.18 Å². The zero-order valence-electron chi connectivity index (χ0n) is 15.7. The standard InChI is InChI=1S/C23H27FN2O/c24-22-6-2-4-20(16-22)19-3-1-5-21(15-19)23(27)26-13-9-18(10-14-26)17-7-11-25-12-8-17/h1-6,15-18,25H,7-14H2. The van der Waals surface area contributed by atoms with Gasteiger partial charge in [0.2, 0.25) is 0 Å². The molecule has 1 N–H and O–H groups in total. The van der Waals surface area contributed by atoms with Gasteiger partial charge in [-0.2, -0.15) is 0 Å². The lowest BCUT2D eigenvalue weighted by Gasteiger charge is -2.37. The summed E-state index contributed by atoms with van der Waals surface area (Å²) in [5.74, 6) is 1.41. The molecule has 0 atom stereocenters. The van der Waals surface area contributed by atoms with Gasteiger partial charge in [-0.3, -0.25) is 4.79 Å². The van der Waals surface area contributed by atoms with Crippen LogP contribution in [0.3, 0.4) is 0 Å². The Morgan fingerprint density at radius 2 is 1.52 bits per heavy atom. The Hall–Kier alpha value is -2.20. The lowest BCUT2D eigenvalue weighted by Crippen LogP contribution is -2.42. The van der Waals surface area contributed by atoms with E-state index in [0.29, 0.717) is 5.56 Å². The molecule has 2 aliphatic heterocycles. The van der Waals surface area contributed by atoms with Crippen LogP contribution in [0.1, 0.15) is 36.0 Å². The Kier molecular flexibility index (Phi) is 5.53. The van der Waals surface area contributed by atoms with Crippen molar-refractivity contribution in [1.29, 1.82) is 0 Å². The van der Waals surface area contributed by atoms with E-state index < -0.39 is 0 Å². The van der Waals surface area contributed by atoms with Gasteiger partial charge >= 0.3 is 0 Å². The number of likely N-dealkylation sites (tertiary alicyclic amines) is 1. The lowest BCUT2D eigenvalue weighted by molar-refractivity contribution is 0.0642. The zero-order chi connectivity index (χ0) is 18.6. The molecule has 4 rings (SSSR count). The van der Waals surface area contributed by atoms with Gasteiger partial charge in [-0.25, -0.2) is 4.39 Å². The summed E-state index contributed by atoms with van der Waals surface area (Å²) >= 11 is 0. The highest BCUT2D eigenvalue weighted by atomic mass is 19.1. The van der Waals surface area contributed by atoms with Crippen LogP contribution in [0.2, 0.25) is 0 Å². The highest BCUT2D eigenvalue weighted by Crippen LogP contribution is 2.31. The number of carbonyl (C=O) groups is 1. The van der Waals surface area contributed by atoms with Crippen molar-refractivity contribution in [3.8, 4) is 11.1 Å². The second kappa shape index (κ2) is 8.22. The Bertz CT molecular complexity index is 792. The summed E-state index contributed by atoms with van der Waals surface area (Å²) in [6.45, 7) is 3.96. The van der Waals surface area contributed by atoms with Gasteiger partial charge in [0.1, 0.15) is 5.82 Å². The number of rotatable bonds is 3. The summed E-state index contributed by atoms with van der Waals surface area (Å²) in [5, 5.41) is 3.44. The predicted molar refractivity (Wildman–Crippen MR) is 106 cm³/mol. The summed E-state index contributed by atoms with van der Waals surface area (Å²) in [7, 11) is 0. The number of hydrogen-bond acceptors (Lipinski definition) is 2. The summed E-state index contributed by atoms with van der Waals surface area (Å²) in [5.41, 5.74) is 2.37. The molecule has 0 aromatic heterocycles. The molecule has 0 spiro atoms. The number of amides is 1. The number of nitrogens with zero attached hydrogens (tertiary/aromatic N) is 1. The van der Waals surface area contributed by atoms with E-state index in [0.717, 1.165) is 62.0 Å². The monoisotopic (exact) mass is 366 g/mol. The number of halogens is 1. The number of carbonyl (C=O) groups excluding carboxylic acids is 1. The van der Waals surface area contributed by atoms with E-state index in [1.54, 1.807) is 6.07 Å². The SMILES string of the molecule is O=C(c1cccc(-c2cccc(F)c2)c1)N1CCC(C2CCNCC2)CC1. The first-order valence-corrected chi connectivity index (χ1v) is 10.1. The van der Waals surface area contributed by atoms with E-state index in [9.17, 15) is 9.18 Å². The quantitative estimate of drug-likeness (QED) is 0.876. The van der Waals surface area contributed by atoms with Gasteiger partial charge in [0.15, 0.2) is 0 Å². The molecule has 0 saturated carbocycles. The summed E-state index contributed by atoms with van der Waals surface area (Å²) in [4.78, 5) is 15.0. The second-order valence-corrected chi connectivity index (χ2v) is 7.81. The molecule has 2 aliphatic rings. The van der Waals surface area contributed by atoms with E-state index >= 15 is 0 Å². The van der Waals surface area contributed by atoms with Gasteiger partial charge < -0.3 is 10.2 Å². The van der Waals surface area contributed by atoms with Gasteiger partial charge in [-0.1, -0.05) is 24.3 Å². The maximum atomic E-state index is 13.5. The fraction of sp³-hybridized carbons (Fsp3) is 0.435. The molecular formula is C23H27FN2O. The van der Waals surface area contributed by atoms with Gasteiger partial charge in [-0.05, 0) is 86.0 Å². The van der Waals surface area contributed by atoms with Crippen LogP contribution in [0.25, 0.3) is 11.1 Å². The van der Waals surface area contributed by atoms with Crippen molar-refractivity contribution in [3.05, 3.63) is 59.9 Å². The maximum Gasteiger partial charge on any atom is 0.253 e. The molecule has 27 heavy (non-hydrogen) atoms. The molecule has 2 heterocycles. The Balaban J connectivity index is 1.42. The first-order valence-electron chi connectivity index (χ1n) is 10.1. The molecule has 3 nitrogen and oxygen atoms in total. The molecule has 2 saturated heterocycles. The molecule has 0 radical (unpaired) electrons. The number of nitrogens with one attached hydrogen (secondary N) is 1. The topological polar surface area (TPSA) is 32.3 Å². The van der Waals surface area contributed by atoms with Crippen LogP contribution in [0.4, 0.5) is 4.39 Å². The average Bonchev–Trinajstić information content (AvgIpc) is 2.74. The van der Waals surface area contributed by atoms with E-state index in [-0.39, 0.29) is 11.7 Å². The van der Waals surface area contributed by atoms with Crippen molar-refractivity contribution >= 4 is 5.91 Å². The van der Waals surface area contributed by atoms with Crippen molar-refractivity contribution in [2.75, 3.05) is 26.2 Å². The van der Waals surface area contributed by atoms with Crippen LogP contribution in [-0.4, -0.2) is 37.0 Å². The third-order valence-corrected chi connectivity index (χ3v) is 6.14. The number of piperidine rings is 2. The van der Waals surface area contributed by atoms with Crippen molar-refractivity contribution in [2.45, 2.75) is 25.7 Å². The number of benzene rings is 2. The highest BCUT2D eigenvalue weighted by Gasteiger charge is 2.29. The summed E-state index contributed by atoms with van der Waals surface area (Å²) in [6, 6.07) is 14.1. The van der Waals surface area contributed by atoms with Crippen LogP contribution >= 0.6 is 0 Å². The molecular weight excluding hydrogens is 339 g/mol. The third kappa shape index (κ3) is 4.22. The predicted octanol–water partition coefficient (Wildman–Crippen LogP) is 4.34. The maximum absolute atomic E-state index is 13.5. The Morgan fingerprint density at radius 1 is 0.889 bits per heavy atom. The fourth-order valence-electron chi connectivity index (χ4n) is 4.57. The summed E-state index contributed by atoms with van der Waals surface area (Å²) < 4.78 is 13.5. The normalized spacial score (nSPS) is 19.2. The van der Waals surface area contributed by atoms with Crippen molar-refractivity contribution in [3.63, 3.8) is 0 Å². The zero-order valence-corrected chi connectivity index (χ0v) is 15.7. The van der Waals surface area contributed by atoms with E-state index in [2.05, 4.69) is 5.32 Å². The molecule has 142 valence electrons. The van der Waals surface area contributed by atoms with E-state index in [1.165, 1.54) is 25.0 Å². The largest absolute Gasteiger partial charge is 0.339 e. The molecule has 0 aliphatic carbocycles. The summed E-state index contributed by atoms with van der Waals surface area (Å²) in [6.07, 6.45) is 4.77. The van der Waals surface area contributed by atoms with Gasteiger partial charge in [0.25, 0.3) is 5.91 Å². The minimum Gasteiger partial charge on any atom is -0.339 e. The van der Waals surface area contributed by atoms with Crippen LogP contribution < -0.4 is 5.32 Å². The van der Waals surface area contributed by atoms with Gasteiger partial charge in [0, 0.05) is 18.7 Å². The molecule has 2 fully saturated rings. The van der Waals surface area contributed by atoms with Crippen LogP contribution in [-0.2, 0) is 0 Å². The van der Waals surface area contributed by atoms with E-state index in [1.807, 2.05) is 35.2 Å². The molecule has 4 heteroatoms. The smallest absolute Gasteiger partial charge is 0.253 e. The Morgan fingerprint density at radius 3 is 2.22 bits per heavy atom. The van der Waals surface area contributed by atoms with Crippen molar-refractivity contribution in [2.24, 2.45) is 11.8 Å². The van der Waals surface area contributed by atoms with Crippen LogP contribution in [0.15, 0.2) is 48.5 Å². The van der Waals surface area contributed by atoms with E-state index in [4.69, 9.17) is 0 Å². The minimum absolute atomic E-state index is 0.0945. The molecule has 0 bridgehead atoms.